The first-order chi connectivity index (χ1) is 13.3. The van der Waals surface area contributed by atoms with E-state index in [1.165, 1.54) is 67.4 Å². The van der Waals surface area contributed by atoms with Gasteiger partial charge in [0.05, 0.1) is 5.71 Å². The van der Waals surface area contributed by atoms with Gasteiger partial charge in [0.1, 0.15) is 0 Å². The molecule has 1 saturated carbocycles. The highest BCUT2D eigenvalue weighted by Crippen LogP contribution is 2.35. The largest absolute Gasteiger partial charge is 0.293 e. The Morgan fingerprint density at radius 1 is 1.22 bits per heavy atom. The summed E-state index contributed by atoms with van der Waals surface area (Å²) < 4.78 is 0. The Balaban J connectivity index is 0.00000126. The average molecular weight is 367 g/mol. The summed E-state index contributed by atoms with van der Waals surface area (Å²) >= 11 is 0. The summed E-state index contributed by atoms with van der Waals surface area (Å²) in [5.74, 6) is 1.25. The van der Waals surface area contributed by atoms with Crippen LogP contribution in [0.4, 0.5) is 0 Å². The Hall–Kier alpha value is -1.70. The molecule has 0 amide bonds. The Labute approximate surface area is 167 Å². The first kappa shape index (κ1) is 21.6. The van der Waals surface area contributed by atoms with Crippen molar-refractivity contribution in [1.82, 2.24) is 0 Å². The average Bonchev–Trinajstić information content (AvgIpc) is 3.03. The van der Waals surface area contributed by atoms with Gasteiger partial charge in [-0.2, -0.15) is 0 Å². The third-order valence-corrected chi connectivity index (χ3v) is 5.73. The van der Waals surface area contributed by atoms with Crippen molar-refractivity contribution < 1.29 is 0 Å². The molecular formula is C25H38N2. The van der Waals surface area contributed by atoms with Crippen molar-refractivity contribution in [2.24, 2.45) is 21.8 Å². The molecule has 2 aliphatic carbocycles. The molecule has 2 nitrogen and oxygen atoms in total. The van der Waals surface area contributed by atoms with Gasteiger partial charge >= 0.3 is 0 Å². The predicted molar refractivity (Wildman–Crippen MR) is 121 cm³/mol. The molecule has 0 bridgehead atoms. The Morgan fingerprint density at radius 2 is 2.00 bits per heavy atom. The van der Waals surface area contributed by atoms with E-state index < -0.39 is 0 Å². The second kappa shape index (κ2) is 11.9. The van der Waals surface area contributed by atoms with Crippen LogP contribution < -0.4 is 0 Å². The molecule has 3 rings (SSSR count). The van der Waals surface area contributed by atoms with Gasteiger partial charge in [0.15, 0.2) is 0 Å². The van der Waals surface area contributed by atoms with E-state index in [2.05, 4.69) is 49.3 Å². The molecule has 3 aliphatic rings. The summed E-state index contributed by atoms with van der Waals surface area (Å²) in [5.41, 5.74) is 5.28. The Morgan fingerprint density at radius 3 is 2.70 bits per heavy atom. The lowest BCUT2D eigenvalue weighted by atomic mass is 9.82. The van der Waals surface area contributed by atoms with Crippen molar-refractivity contribution in [1.29, 1.82) is 0 Å². The van der Waals surface area contributed by atoms with Gasteiger partial charge in [-0.15, -0.1) is 0 Å². The second-order valence-electron chi connectivity index (χ2n) is 7.38. The van der Waals surface area contributed by atoms with Crippen molar-refractivity contribution in [3.8, 4) is 0 Å². The summed E-state index contributed by atoms with van der Waals surface area (Å²) in [4.78, 5) is 9.30. The van der Waals surface area contributed by atoms with E-state index in [1.54, 1.807) is 0 Å². The molecule has 0 saturated heterocycles. The molecule has 1 heterocycles. The topological polar surface area (TPSA) is 24.7 Å². The van der Waals surface area contributed by atoms with E-state index in [1.807, 2.05) is 20.1 Å². The molecular weight excluding hydrogens is 328 g/mol. The highest BCUT2D eigenvalue weighted by molar-refractivity contribution is 6.08. The molecule has 148 valence electrons. The van der Waals surface area contributed by atoms with Crippen molar-refractivity contribution in [3.05, 3.63) is 47.2 Å². The van der Waals surface area contributed by atoms with Crippen LogP contribution in [0.1, 0.15) is 79.1 Å². The van der Waals surface area contributed by atoms with Crippen molar-refractivity contribution in [3.63, 3.8) is 0 Å². The Bertz CT molecular complexity index is 637. The molecule has 0 radical (unpaired) electrons. The quantitative estimate of drug-likeness (QED) is 0.349. The van der Waals surface area contributed by atoms with Crippen LogP contribution in [0.3, 0.4) is 0 Å². The first-order valence-corrected chi connectivity index (χ1v) is 11.1. The van der Waals surface area contributed by atoms with Crippen LogP contribution in [0, 0.1) is 11.8 Å². The summed E-state index contributed by atoms with van der Waals surface area (Å²) in [6.45, 7) is 8.99. The molecule has 0 N–H and O–H groups in total. The maximum Gasteiger partial charge on any atom is 0.0546 e. The van der Waals surface area contributed by atoms with E-state index >= 15 is 0 Å². The molecule has 27 heavy (non-hydrogen) atoms. The van der Waals surface area contributed by atoms with Crippen LogP contribution >= 0.6 is 0 Å². The van der Waals surface area contributed by atoms with Gasteiger partial charge in [-0.05, 0) is 55.7 Å². The summed E-state index contributed by atoms with van der Waals surface area (Å²) in [5, 5.41) is 0. The maximum absolute atomic E-state index is 4.85. The molecule has 0 aromatic carbocycles. The van der Waals surface area contributed by atoms with Crippen molar-refractivity contribution in [2.75, 3.05) is 6.54 Å². The lowest BCUT2D eigenvalue weighted by molar-refractivity contribution is 0.340. The second-order valence-corrected chi connectivity index (χ2v) is 7.38. The van der Waals surface area contributed by atoms with Crippen LogP contribution in [-0.4, -0.2) is 18.5 Å². The molecule has 1 unspecified atom stereocenters. The fourth-order valence-electron chi connectivity index (χ4n) is 4.28. The minimum Gasteiger partial charge on any atom is -0.293 e. The molecule has 0 spiro atoms. The minimum atomic E-state index is 0.314. The monoisotopic (exact) mass is 366 g/mol. The number of rotatable bonds is 6. The fraction of sp³-hybridized carbons (Fsp3) is 0.600. The van der Waals surface area contributed by atoms with Gasteiger partial charge < -0.3 is 0 Å². The lowest BCUT2D eigenvalue weighted by Crippen LogP contribution is -2.16. The fourth-order valence-corrected chi connectivity index (χ4v) is 4.28. The van der Waals surface area contributed by atoms with Gasteiger partial charge in [0.25, 0.3) is 0 Å². The molecule has 0 aromatic heterocycles. The molecule has 2 heteroatoms. The zero-order valence-corrected chi connectivity index (χ0v) is 17.9. The van der Waals surface area contributed by atoms with Crippen LogP contribution in [-0.2, 0) is 0 Å². The number of allylic oxidation sites excluding steroid dienone is 7. The van der Waals surface area contributed by atoms with E-state index in [0.29, 0.717) is 5.92 Å². The number of fused-ring (bicyclic) bond motifs is 1. The van der Waals surface area contributed by atoms with Crippen LogP contribution in [0.5, 0.6) is 0 Å². The van der Waals surface area contributed by atoms with Crippen LogP contribution in [0.15, 0.2) is 57.2 Å². The van der Waals surface area contributed by atoms with Crippen LogP contribution in [0.25, 0.3) is 0 Å². The number of hydrogen-bond donors (Lipinski definition) is 0. The smallest absolute Gasteiger partial charge is 0.0546 e. The molecule has 1 aliphatic heterocycles. The highest BCUT2D eigenvalue weighted by Gasteiger charge is 2.28. The van der Waals surface area contributed by atoms with E-state index in [4.69, 9.17) is 4.99 Å². The standard InChI is InChI=1S/C23H32N2.C2H6/c1-3-19(16-24-4-2)22-17-25-23-20(12-8-9-13-21(22)23)15-14-18-10-6-5-7-11-18;1-2/h3,9,12-13,16-18,21H,4-8,10-11,14-15H2,1-2H3;1-2H3/b19-3+,24-16?;. The minimum absolute atomic E-state index is 0.314. The van der Waals surface area contributed by atoms with Crippen LogP contribution in [0.2, 0.25) is 0 Å². The van der Waals surface area contributed by atoms with Gasteiger partial charge in [0, 0.05) is 24.9 Å². The summed E-state index contributed by atoms with van der Waals surface area (Å²) in [6, 6.07) is 0. The SMILES string of the molecule is C/C=C(\C=NCC)C1=CN=C2C(CCC3CCCCC3)=CCC=CC12.CC. The third-order valence-electron chi connectivity index (χ3n) is 5.73. The van der Waals surface area contributed by atoms with E-state index in [0.717, 1.165) is 18.9 Å². The third kappa shape index (κ3) is 5.89. The summed E-state index contributed by atoms with van der Waals surface area (Å²) in [6.07, 6.45) is 24.0. The highest BCUT2D eigenvalue weighted by atomic mass is 14.8. The van der Waals surface area contributed by atoms with Gasteiger partial charge in [-0.25, -0.2) is 0 Å². The normalized spacial score (nSPS) is 23.2. The van der Waals surface area contributed by atoms with E-state index in [-0.39, 0.29) is 0 Å². The molecule has 1 fully saturated rings. The van der Waals surface area contributed by atoms with Crippen molar-refractivity contribution in [2.45, 2.75) is 79.1 Å². The van der Waals surface area contributed by atoms with Crippen molar-refractivity contribution >= 4 is 11.9 Å². The predicted octanol–water partition coefficient (Wildman–Crippen LogP) is 7.25. The van der Waals surface area contributed by atoms with E-state index in [9.17, 15) is 0 Å². The number of hydrogen-bond acceptors (Lipinski definition) is 2. The molecule has 0 aromatic rings. The van der Waals surface area contributed by atoms with Gasteiger partial charge in [-0.3, -0.25) is 9.98 Å². The number of aliphatic imine (C=N–C) groups is 2. The number of nitrogens with zero attached hydrogens (tertiary/aromatic N) is 2. The zero-order valence-electron chi connectivity index (χ0n) is 17.9. The summed E-state index contributed by atoms with van der Waals surface area (Å²) in [7, 11) is 0. The van der Waals surface area contributed by atoms with Gasteiger partial charge in [0.2, 0.25) is 0 Å². The maximum atomic E-state index is 4.85. The van der Waals surface area contributed by atoms with Gasteiger partial charge in [-0.1, -0.05) is 70.3 Å². The Kier molecular flexibility index (Phi) is 9.52. The molecule has 1 atom stereocenters. The lowest BCUT2D eigenvalue weighted by Gasteiger charge is -2.22. The zero-order chi connectivity index (χ0) is 19.5. The first-order valence-electron chi connectivity index (χ1n) is 11.1.